The van der Waals surface area contributed by atoms with E-state index in [-0.39, 0.29) is 87.2 Å². The lowest BCUT2D eigenvalue weighted by molar-refractivity contribution is -0.200. The normalized spacial score (nSPS) is 29.7. The zero-order valence-corrected chi connectivity index (χ0v) is 37.2. The summed E-state index contributed by atoms with van der Waals surface area (Å²) in [5.41, 5.74) is 0.803. The van der Waals surface area contributed by atoms with Gasteiger partial charge in [0.15, 0.2) is 29.2 Å². The predicted molar refractivity (Wildman–Crippen MR) is 233 cm³/mol. The molecule has 7 rings (SSSR count). The van der Waals surface area contributed by atoms with E-state index in [0.717, 1.165) is 16.7 Å². The molecule has 0 spiro atoms. The number of ether oxygens (including phenoxy) is 2. The van der Waals surface area contributed by atoms with E-state index in [4.69, 9.17) is 23.6 Å². The van der Waals surface area contributed by atoms with Gasteiger partial charge in [0.25, 0.3) is 0 Å². The number of hydrogen-bond donors (Lipinski definition) is 5. The second-order valence-corrected chi connectivity index (χ2v) is 19.4. The number of phosphoric acid groups is 1. The molecule has 10 atom stereocenters. The molecule has 1 heterocycles. The van der Waals surface area contributed by atoms with Crippen molar-refractivity contribution in [1.82, 2.24) is 5.32 Å². The number of aliphatic hydroxyl groups is 1. The first kappa shape index (κ1) is 51.9. The molecular formula is C48H58NO16P. The topological polar surface area (TPSA) is 274 Å². The summed E-state index contributed by atoms with van der Waals surface area (Å²) in [7, 11) is -5.03. The highest BCUT2D eigenvalue weighted by Crippen LogP contribution is 2.70. The van der Waals surface area contributed by atoms with Gasteiger partial charge < -0.3 is 39.6 Å². The number of amides is 1. The summed E-state index contributed by atoms with van der Waals surface area (Å²) in [5, 5.41) is 23.8. The van der Waals surface area contributed by atoms with Gasteiger partial charge >= 0.3 is 19.9 Å². The Morgan fingerprint density at radius 1 is 1.00 bits per heavy atom. The standard InChI is InChI=1S/C46H54NO14P.CO2.CH4/c1-26(48)7-15-40(53)47-35(14-16-41(54)55)36(50)21-29-6-4-5-28(20-29)19-27-8-10-30(11-9-27)43-60-39-23-34-33-13-12-31-22-32(49)17-18-44(31,2)42(33)37(51)24-45(34,3)46(39,61-43)38(52)25-59-62(56,57)58;2-1-3;/h4-6,8-11,17-18,20,22,33-35,37,39,42-43,51H,7,12-16,19,21,23-25H2,1-3H3,(H,47,53)(H,54,55)(H2,56,57,58);;1H4/t33-,34-,35-,37-,39+,42+,43+,44-,45-,46+;;/m0../s1. The Morgan fingerprint density at radius 3 is 2.33 bits per heavy atom. The van der Waals surface area contributed by atoms with E-state index in [1.54, 1.807) is 18.2 Å². The van der Waals surface area contributed by atoms with E-state index in [0.29, 0.717) is 36.8 Å². The minimum atomic E-state index is -5.03. The number of fused-ring (bicyclic) bond motifs is 7. The van der Waals surface area contributed by atoms with Crippen LogP contribution in [0.3, 0.4) is 0 Å². The minimum Gasteiger partial charge on any atom is -0.481 e. The lowest BCUT2D eigenvalue weighted by Gasteiger charge is -2.59. The number of allylic oxidation sites excluding steroid dienone is 4. The van der Waals surface area contributed by atoms with Crippen LogP contribution in [0.2, 0.25) is 0 Å². The number of rotatable bonds is 17. The molecule has 0 bridgehead atoms. The Balaban J connectivity index is 0.00000199. The van der Waals surface area contributed by atoms with Crippen LogP contribution in [-0.4, -0.2) is 91.6 Å². The fourth-order valence-corrected chi connectivity index (χ4v) is 11.6. The smallest absolute Gasteiger partial charge is 0.470 e. The Kier molecular flexibility index (Phi) is 16.4. The molecule has 66 heavy (non-hydrogen) atoms. The highest BCUT2D eigenvalue weighted by Gasteiger charge is 2.76. The largest absolute Gasteiger partial charge is 0.481 e. The number of carboxylic acids is 1. The zero-order valence-electron chi connectivity index (χ0n) is 36.3. The van der Waals surface area contributed by atoms with E-state index in [1.807, 2.05) is 62.4 Å². The first-order valence-corrected chi connectivity index (χ1v) is 23.0. The molecule has 0 radical (unpaired) electrons. The number of phosphoric ester groups is 1. The highest BCUT2D eigenvalue weighted by molar-refractivity contribution is 7.46. The SMILES string of the molecule is C.CC(=O)CCC(=O)N[C@@H](CCC(=O)O)C(=O)Cc1cccc(Cc2ccc([C@@H]3O[C@@H]4C[C@H]5[C@@H]6CCC7=CC(=O)C=C[C@]7(C)[C@H]6[C@@H](O)C[C@]5(C)[C@]4(C(=O)COP(=O)(O)O)O3)cc2)c1.O=C=O. The van der Waals surface area contributed by atoms with Crippen LogP contribution in [-0.2, 0) is 69.8 Å². The van der Waals surface area contributed by atoms with Crippen molar-refractivity contribution in [2.45, 2.75) is 123 Å². The molecule has 1 saturated heterocycles. The van der Waals surface area contributed by atoms with Crippen molar-refractivity contribution < 1.29 is 76.9 Å². The molecule has 0 aromatic heterocycles. The fraction of sp³-hybridized carbons (Fsp3) is 0.521. The summed E-state index contributed by atoms with van der Waals surface area (Å²) in [4.78, 5) is 110. The second-order valence-electron chi connectivity index (χ2n) is 18.2. The van der Waals surface area contributed by atoms with Gasteiger partial charge in [0, 0.05) is 48.0 Å². The van der Waals surface area contributed by atoms with Gasteiger partial charge in [-0.2, -0.15) is 9.59 Å². The number of aliphatic carboxylic acids is 1. The number of ketones is 4. The molecule has 4 fully saturated rings. The maximum atomic E-state index is 14.4. The summed E-state index contributed by atoms with van der Waals surface area (Å²) < 4.78 is 29.9. The zero-order chi connectivity index (χ0) is 47.5. The number of hydrogen-bond acceptors (Lipinski definition) is 13. The van der Waals surface area contributed by atoms with Crippen molar-refractivity contribution >= 4 is 49.0 Å². The maximum absolute atomic E-state index is 14.4. The molecule has 2 aromatic rings. The molecule has 1 aliphatic heterocycles. The summed E-state index contributed by atoms with van der Waals surface area (Å²) in [6.07, 6.45) is 4.50. The number of aliphatic hydroxyl groups excluding tert-OH is 1. The molecule has 4 aliphatic carbocycles. The van der Waals surface area contributed by atoms with Crippen molar-refractivity contribution in [3.05, 3.63) is 94.6 Å². The number of Topliss-reactive ketones (excluding diaryl/α,β-unsaturated/α-hetero) is 3. The number of carboxylic acid groups (broad SMARTS) is 1. The van der Waals surface area contributed by atoms with Crippen LogP contribution in [0.25, 0.3) is 0 Å². The van der Waals surface area contributed by atoms with Crippen molar-refractivity contribution in [1.29, 1.82) is 0 Å². The minimum absolute atomic E-state index is 0. The van der Waals surface area contributed by atoms with Gasteiger partial charge in [-0.1, -0.05) is 81.5 Å². The molecule has 1 amide bonds. The van der Waals surface area contributed by atoms with Crippen LogP contribution < -0.4 is 5.32 Å². The van der Waals surface area contributed by atoms with E-state index >= 15 is 0 Å². The second kappa shape index (κ2) is 20.8. The van der Waals surface area contributed by atoms with Crippen molar-refractivity contribution in [3.8, 4) is 0 Å². The summed E-state index contributed by atoms with van der Waals surface area (Å²) in [5.74, 6) is -3.33. The summed E-state index contributed by atoms with van der Waals surface area (Å²) >= 11 is 0. The third-order valence-corrected chi connectivity index (χ3v) is 14.6. The van der Waals surface area contributed by atoms with Gasteiger partial charge in [0.05, 0.1) is 18.2 Å². The maximum Gasteiger partial charge on any atom is 0.470 e. The van der Waals surface area contributed by atoms with Crippen LogP contribution >= 0.6 is 7.82 Å². The van der Waals surface area contributed by atoms with Crippen molar-refractivity contribution in [2.24, 2.45) is 28.6 Å². The Labute approximate surface area is 382 Å². The molecule has 0 unspecified atom stereocenters. The number of carbonyl (C=O) groups excluding carboxylic acids is 7. The van der Waals surface area contributed by atoms with E-state index in [1.165, 1.54) is 6.92 Å². The Bertz CT molecular complexity index is 2350. The van der Waals surface area contributed by atoms with Crippen molar-refractivity contribution in [3.63, 3.8) is 0 Å². The van der Waals surface area contributed by atoms with Crippen LogP contribution in [0.5, 0.6) is 0 Å². The van der Waals surface area contributed by atoms with Crippen LogP contribution in [0.15, 0.2) is 72.3 Å². The molecule has 2 aromatic carbocycles. The molecule has 3 saturated carbocycles. The molecule has 5 aliphatic rings. The summed E-state index contributed by atoms with van der Waals surface area (Å²) in [6, 6.07) is 13.7. The van der Waals surface area contributed by atoms with Gasteiger partial charge in [0.2, 0.25) is 5.91 Å². The third kappa shape index (κ3) is 10.9. The average Bonchev–Trinajstić information content (AvgIpc) is 3.74. The van der Waals surface area contributed by atoms with Crippen molar-refractivity contribution in [2.75, 3.05) is 6.61 Å². The van der Waals surface area contributed by atoms with Gasteiger partial charge in [-0.25, -0.2) is 4.57 Å². The quantitative estimate of drug-likeness (QED) is 0.132. The van der Waals surface area contributed by atoms with E-state index < -0.39 is 73.1 Å². The van der Waals surface area contributed by atoms with Crippen LogP contribution in [0.4, 0.5) is 0 Å². The number of nitrogens with one attached hydrogen (secondary N) is 1. The van der Waals surface area contributed by atoms with Gasteiger partial charge in [-0.15, -0.1) is 0 Å². The monoisotopic (exact) mass is 935 g/mol. The molecule has 18 heteroatoms. The van der Waals surface area contributed by atoms with Crippen LogP contribution in [0, 0.1) is 28.6 Å². The summed E-state index contributed by atoms with van der Waals surface area (Å²) in [6.45, 7) is 4.39. The van der Waals surface area contributed by atoms with Gasteiger partial charge in [-0.3, -0.25) is 28.5 Å². The Morgan fingerprint density at radius 2 is 1.68 bits per heavy atom. The molecule has 5 N–H and O–H groups in total. The predicted octanol–water partition coefficient (Wildman–Crippen LogP) is 4.88. The van der Waals surface area contributed by atoms with Gasteiger partial charge in [0.1, 0.15) is 12.4 Å². The first-order valence-electron chi connectivity index (χ1n) is 21.5. The lowest BCUT2D eigenvalue weighted by Crippen LogP contribution is -2.63. The van der Waals surface area contributed by atoms with E-state index in [9.17, 15) is 53.3 Å². The molecule has 17 nitrogen and oxygen atoms in total. The third-order valence-electron chi connectivity index (χ3n) is 14.1. The fourth-order valence-electron chi connectivity index (χ4n) is 11.3. The Hall–Kier alpha value is -5.09. The first-order chi connectivity index (χ1) is 30.6. The van der Waals surface area contributed by atoms with Crippen LogP contribution in [0.1, 0.15) is 108 Å². The number of carbonyl (C=O) groups is 6. The van der Waals surface area contributed by atoms with Gasteiger partial charge in [-0.05, 0) is 86.1 Å². The average molecular weight is 936 g/mol. The molecule has 356 valence electrons. The lowest BCUT2D eigenvalue weighted by atomic mass is 9.46. The number of benzene rings is 2. The highest BCUT2D eigenvalue weighted by atomic mass is 31.2. The molecular weight excluding hydrogens is 877 g/mol. The van der Waals surface area contributed by atoms with E-state index in [2.05, 4.69) is 5.32 Å².